The molecule has 1 unspecified atom stereocenters. The van der Waals surface area contributed by atoms with E-state index in [1.807, 2.05) is 60.9 Å². The van der Waals surface area contributed by atoms with Crippen molar-refractivity contribution in [3.8, 4) is 33.6 Å². The molecule has 11 nitrogen and oxygen atoms in total. The number of aromatic nitrogens is 4. The molecular weight excluding hydrogens is 751 g/mol. The van der Waals surface area contributed by atoms with Gasteiger partial charge >= 0.3 is 5.97 Å². The smallest absolute Gasteiger partial charge is 0.304 e. The Balaban J connectivity index is 0.861. The summed E-state index contributed by atoms with van der Waals surface area (Å²) < 4.78 is 0. The lowest BCUT2D eigenvalue weighted by Crippen LogP contribution is -2.44. The van der Waals surface area contributed by atoms with Crippen molar-refractivity contribution >= 4 is 17.8 Å². The third-order valence-corrected chi connectivity index (χ3v) is 12.6. The minimum absolute atomic E-state index is 0.0820. The highest BCUT2D eigenvalue weighted by Crippen LogP contribution is 2.38. The summed E-state index contributed by atoms with van der Waals surface area (Å²) in [6.45, 7) is 3.18. The zero-order valence-corrected chi connectivity index (χ0v) is 33.7. The highest BCUT2D eigenvalue weighted by atomic mass is 16.4. The maximum atomic E-state index is 14.4. The van der Waals surface area contributed by atoms with Gasteiger partial charge in [0, 0.05) is 13.1 Å². The number of carbonyl (C=O) groups excluding carboxylic acids is 2. The number of carboxylic acids is 1. The molecule has 60 heavy (non-hydrogen) atoms. The molecule has 0 aliphatic carbocycles. The van der Waals surface area contributed by atoms with E-state index in [0.717, 1.165) is 103 Å². The highest BCUT2D eigenvalue weighted by Gasteiger charge is 2.39. The Morgan fingerprint density at radius 2 is 1.03 bits per heavy atom. The van der Waals surface area contributed by atoms with Crippen LogP contribution >= 0.6 is 0 Å². The third kappa shape index (κ3) is 8.14. The molecule has 3 saturated heterocycles. The van der Waals surface area contributed by atoms with Crippen LogP contribution in [0.2, 0.25) is 0 Å². The van der Waals surface area contributed by atoms with E-state index < -0.39 is 11.9 Å². The van der Waals surface area contributed by atoms with Crippen LogP contribution in [-0.4, -0.2) is 83.7 Å². The molecule has 0 bridgehead atoms. The SMILES string of the molecule is O=C(O)CC(C(=O)N1CCC[C@H]1c1ncc(-c2ccc(-c3ccc(-c4cnc([C@@H]5CCCN5C(=O)[C@@H](c5ccccc5)N5CCCCC5)[nH]4)cc3)cc2)[nH]1)c1ccccc1. The van der Waals surface area contributed by atoms with E-state index in [1.165, 1.54) is 6.42 Å². The van der Waals surface area contributed by atoms with Crippen molar-refractivity contribution < 1.29 is 19.5 Å². The van der Waals surface area contributed by atoms with Crippen molar-refractivity contribution in [2.45, 2.75) is 75.4 Å². The van der Waals surface area contributed by atoms with Gasteiger partial charge in [0.2, 0.25) is 11.8 Å². The number of hydrogen-bond acceptors (Lipinski definition) is 6. The monoisotopic (exact) mass is 801 g/mol. The maximum Gasteiger partial charge on any atom is 0.304 e. The van der Waals surface area contributed by atoms with Gasteiger partial charge < -0.3 is 24.9 Å². The number of nitrogens with one attached hydrogen (secondary N) is 2. The quantitative estimate of drug-likeness (QED) is 0.112. The Morgan fingerprint density at radius 1 is 0.567 bits per heavy atom. The standard InChI is InChI=1S/C49H51N7O4/c57-44(58)30-39(35-12-4-1-5-13-35)48(59)55-28-10-16-42(55)46-50-31-40(52-46)36-22-18-33(19-23-36)34-20-24-37(25-21-34)41-32-51-47(53-41)43-17-11-29-56(43)49(60)45(38-14-6-2-7-15-38)54-26-8-3-9-27-54/h1-2,4-7,12-15,18-25,31-32,39,42-43,45H,3,8-11,16-17,26-30H2,(H,50,52)(H,51,53)(H,57,58)/t39?,42-,43-,45+/m0/s1. The van der Waals surface area contributed by atoms with Gasteiger partial charge in [0.15, 0.2) is 0 Å². The molecule has 4 aromatic carbocycles. The van der Waals surface area contributed by atoms with E-state index in [1.54, 1.807) is 4.90 Å². The van der Waals surface area contributed by atoms with Gasteiger partial charge in [-0.1, -0.05) is 116 Å². The number of nitrogens with zero attached hydrogens (tertiary/aromatic N) is 5. The predicted molar refractivity (Wildman–Crippen MR) is 230 cm³/mol. The Bertz CT molecular complexity index is 2410. The van der Waals surface area contributed by atoms with Gasteiger partial charge in [-0.05, 0) is 85.0 Å². The minimum atomic E-state index is -0.999. The van der Waals surface area contributed by atoms with Crippen molar-refractivity contribution in [2.24, 2.45) is 0 Å². The van der Waals surface area contributed by atoms with Crippen molar-refractivity contribution in [3.63, 3.8) is 0 Å². The van der Waals surface area contributed by atoms with Crippen molar-refractivity contribution in [3.05, 3.63) is 144 Å². The first-order valence-electron chi connectivity index (χ1n) is 21.4. The molecule has 3 aliphatic rings. The molecule has 11 heteroatoms. The zero-order chi connectivity index (χ0) is 41.0. The van der Waals surface area contributed by atoms with E-state index in [2.05, 4.69) is 80.4 Å². The van der Waals surface area contributed by atoms with Gasteiger partial charge in [-0.15, -0.1) is 0 Å². The Morgan fingerprint density at radius 3 is 1.53 bits per heavy atom. The van der Waals surface area contributed by atoms with Gasteiger partial charge in [-0.3, -0.25) is 19.3 Å². The van der Waals surface area contributed by atoms with Gasteiger partial charge in [0.05, 0.1) is 48.2 Å². The van der Waals surface area contributed by atoms with Crippen molar-refractivity contribution in [2.75, 3.05) is 26.2 Å². The number of carboxylic acid groups (broad SMARTS) is 1. The van der Waals surface area contributed by atoms with E-state index >= 15 is 0 Å². The van der Waals surface area contributed by atoms with Crippen molar-refractivity contribution in [1.29, 1.82) is 0 Å². The number of carbonyl (C=O) groups is 3. The fraction of sp³-hybridized carbons (Fsp3) is 0.327. The Labute approximate surface area is 350 Å². The van der Waals surface area contributed by atoms with Crippen LogP contribution < -0.4 is 0 Å². The lowest BCUT2D eigenvalue weighted by atomic mass is 9.94. The molecule has 3 aliphatic heterocycles. The topological polar surface area (TPSA) is 139 Å². The molecule has 3 fully saturated rings. The second-order valence-corrected chi connectivity index (χ2v) is 16.4. The number of amides is 2. The molecule has 5 heterocycles. The molecule has 306 valence electrons. The maximum absolute atomic E-state index is 14.4. The molecule has 3 N–H and O–H groups in total. The number of H-pyrrole nitrogens is 2. The summed E-state index contributed by atoms with van der Waals surface area (Å²) in [5.74, 6) is -0.210. The summed E-state index contributed by atoms with van der Waals surface area (Å²) in [5.41, 5.74) is 7.73. The van der Waals surface area contributed by atoms with Gasteiger partial charge in [0.25, 0.3) is 0 Å². The second kappa shape index (κ2) is 17.5. The first-order chi connectivity index (χ1) is 29.4. The van der Waals surface area contributed by atoms with Crippen LogP contribution in [0.15, 0.2) is 122 Å². The molecule has 9 rings (SSSR count). The van der Waals surface area contributed by atoms with Gasteiger partial charge in [-0.2, -0.15) is 0 Å². The number of likely N-dealkylation sites (tertiary alicyclic amines) is 3. The third-order valence-electron chi connectivity index (χ3n) is 12.6. The number of benzene rings is 4. The lowest BCUT2D eigenvalue weighted by molar-refractivity contribution is -0.142. The molecule has 0 spiro atoms. The van der Waals surface area contributed by atoms with E-state index in [9.17, 15) is 19.5 Å². The Hall–Kier alpha value is -6.33. The van der Waals surface area contributed by atoms with Crippen LogP contribution in [-0.2, 0) is 14.4 Å². The van der Waals surface area contributed by atoms with E-state index in [-0.39, 0.29) is 36.4 Å². The highest BCUT2D eigenvalue weighted by molar-refractivity contribution is 5.88. The molecule has 2 amide bonds. The fourth-order valence-electron chi connectivity index (χ4n) is 9.51. The van der Waals surface area contributed by atoms with Crippen molar-refractivity contribution in [1.82, 2.24) is 34.6 Å². The van der Waals surface area contributed by atoms with Crippen LogP contribution in [0.3, 0.4) is 0 Å². The summed E-state index contributed by atoms with van der Waals surface area (Å²) >= 11 is 0. The van der Waals surface area contributed by atoms with Crippen LogP contribution in [0, 0.1) is 0 Å². The number of aliphatic carboxylic acids is 1. The largest absolute Gasteiger partial charge is 0.481 e. The summed E-state index contributed by atoms with van der Waals surface area (Å²) in [6, 6.07) is 35.6. The number of aromatic amines is 2. The molecule has 0 saturated carbocycles. The second-order valence-electron chi connectivity index (χ2n) is 16.4. The average Bonchev–Trinajstić information content (AvgIpc) is 4.14. The summed E-state index contributed by atoms with van der Waals surface area (Å²) in [5, 5.41) is 9.62. The van der Waals surface area contributed by atoms with E-state index in [0.29, 0.717) is 17.9 Å². The summed E-state index contributed by atoms with van der Waals surface area (Å²) in [7, 11) is 0. The number of piperidine rings is 1. The molecule has 6 aromatic rings. The van der Waals surface area contributed by atoms with Gasteiger partial charge in [0.1, 0.15) is 17.7 Å². The first-order valence-corrected chi connectivity index (χ1v) is 21.4. The molecular formula is C49H51N7O4. The number of imidazole rings is 2. The normalized spacial score (nSPS) is 19.3. The molecule has 2 aromatic heterocycles. The molecule has 0 radical (unpaired) electrons. The summed E-state index contributed by atoms with van der Waals surface area (Å²) in [4.78, 5) is 62.7. The predicted octanol–water partition coefficient (Wildman–Crippen LogP) is 8.95. The van der Waals surface area contributed by atoms with Gasteiger partial charge in [-0.25, -0.2) is 9.97 Å². The lowest BCUT2D eigenvalue weighted by Gasteiger charge is -2.37. The van der Waals surface area contributed by atoms with Crippen LogP contribution in [0.4, 0.5) is 0 Å². The number of rotatable bonds is 12. The van der Waals surface area contributed by atoms with E-state index in [4.69, 9.17) is 9.97 Å². The average molecular weight is 802 g/mol. The van der Waals surface area contributed by atoms with Crippen LogP contribution in [0.25, 0.3) is 33.6 Å². The fourth-order valence-corrected chi connectivity index (χ4v) is 9.51. The zero-order valence-electron chi connectivity index (χ0n) is 33.7. The first kappa shape index (κ1) is 39.1. The Kier molecular flexibility index (Phi) is 11.4. The minimum Gasteiger partial charge on any atom is -0.481 e. The molecule has 4 atom stereocenters. The van der Waals surface area contributed by atoms with Crippen LogP contribution in [0.5, 0.6) is 0 Å². The number of hydrogen-bond donors (Lipinski definition) is 3. The summed E-state index contributed by atoms with van der Waals surface area (Å²) in [6.07, 6.45) is 10.3. The van der Waals surface area contributed by atoms with Crippen LogP contribution in [0.1, 0.15) is 98.2 Å².